The van der Waals surface area contributed by atoms with Crippen LogP contribution in [0.5, 0.6) is 0 Å². The summed E-state index contributed by atoms with van der Waals surface area (Å²) in [5, 5.41) is 17.4. The number of aliphatic carboxylic acids is 1. The molecule has 1 rings (SSSR count). The van der Waals surface area contributed by atoms with Crippen LogP contribution in [-0.2, 0) is 14.8 Å². The van der Waals surface area contributed by atoms with Crippen molar-refractivity contribution in [2.45, 2.75) is 19.3 Å². The highest BCUT2D eigenvalue weighted by atomic mass is 32.2. The van der Waals surface area contributed by atoms with Crippen molar-refractivity contribution in [2.24, 2.45) is 0 Å². The first kappa shape index (κ1) is 16.4. The molecule has 0 atom stereocenters. The van der Waals surface area contributed by atoms with E-state index in [1.54, 1.807) is 0 Å². The minimum Gasteiger partial charge on any atom is -0.481 e. The van der Waals surface area contributed by atoms with Crippen LogP contribution in [0.1, 0.15) is 19.3 Å². The molecule has 8 heteroatoms. The second-order valence-electron chi connectivity index (χ2n) is 4.63. The van der Waals surface area contributed by atoms with Gasteiger partial charge in [-0.05, 0) is 19.4 Å². The Labute approximate surface area is 113 Å². The molecule has 112 valence electrons. The number of aliphatic hydroxyl groups is 1. The van der Waals surface area contributed by atoms with Crippen molar-refractivity contribution in [3.8, 4) is 0 Å². The monoisotopic (exact) mass is 294 g/mol. The van der Waals surface area contributed by atoms with Gasteiger partial charge in [-0.2, -0.15) is 0 Å². The summed E-state index contributed by atoms with van der Waals surface area (Å²) in [6.45, 7) is 2.91. The third kappa shape index (κ3) is 5.85. The van der Waals surface area contributed by atoms with E-state index in [0.717, 1.165) is 13.0 Å². The molecule has 0 saturated carbocycles. The van der Waals surface area contributed by atoms with Gasteiger partial charge < -0.3 is 10.2 Å². The Kier molecular flexibility index (Phi) is 6.70. The van der Waals surface area contributed by atoms with Crippen LogP contribution in [0, 0.1) is 0 Å². The number of carboxylic acids is 1. The largest absolute Gasteiger partial charge is 0.481 e. The molecule has 7 nitrogen and oxygen atoms in total. The Morgan fingerprint density at radius 2 is 1.89 bits per heavy atom. The molecule has 1 saturated heterocycles. The Hall–Kier alpha value is -0.700. The summed E-state index contributed by atoms with van der Waals surface area (Å²) >= 11 is 0. The fourth-order valence-electron chi connectivity index (χ4n) is 2.13. The maximum absolute atomic E-state index is 12.0. The predicted molar refractivity (Wildman–Crippen MR) is 70.4 cm³/mol. The van der Waals surface area contributed by atoms with E-state index < -0.39 is 16.0 Å². The average molecular weight is 294 g/mol. The van der Waals surface area contributed by atoms with Crippen LogP contribution in [0.2, 0.25) is 0 Å². The molecule has 0 aromatic carbocycles. The van der Waals surface area contributed by atoms with Crippen LogP contribution >= 0.6 is 0 Å². The number of β-amino-alcohol motifs (C(OH)–C–C–N with tert-alkyl or cyclic N) is 1. The van der Waals surface area contributed by atoms with Crippen LogP contribution in [-0.4, -0.2) is 78.9 Å². The quantitative estimate of drug-likeness (QED) is 0.637. The smallest absolute Gasteiger partial charge is 0.303 e. The normalized spacial score (nSPS) is 19.2. The van der Waals surface area contributed by atoms with E-state index in [-0.39, 0.29) is 25.2 Å². The van der Waals surface area contributed by atoms with Gasteiger partial charge in [-0.25, -0.2) is 12.7 Å². The lowest BCUT2D eigenvalue weighted by Crippen LogP contribution is -2.37. The zero-order valence-electron chi connectivity index (χ0n) is 11.0. The molecule has 0 unspecified atom stereocenters. The maximum atomic E-state index is 12.0. The highest BCUT2D eigenvalue weighted by Gasteiger charge is 2.24. The van der Waals surface area contributed by atoms with Gasteiger partial charge in [0, 0.05) is 32.6 Å². The summed E-state index contributed by atoms with van der Waals surface area (Å²) in [5.41, 5.74) is 0. The number of aliphatic hydroxyl groups excluding tert-OH is 1. The van der Waals surface area contributed by atoms with E-state index in [2.05, 4.69) is 0 Å². The average Bonchev–Trinajstić information content (AvgIpc) is 2.55. The lowest BCUT2D eigenvalue weighted by atomic mass is 10.3. The molecular weight excluding hydrogens is 272 g/mol. The fourth-order valence-corrected chi connectivity index (χ4v) is 3.66. The molecule has 0 spiro atoms. The zero-order chi connectivity index (χ0) is 14.3. The summed E-state index contributed by atoms with van der Waals surface area (Å²) in [7, 11) is -3.36. The van der Waals surface area contributed by atoms with Crippen molar-refractivity contribution < 1.29 is 23.4 Å². The van der Waals surface area contributed by atoms with Crippen molar-refractivity contribution in [3.05, 3.63) is 0 Å². The Bertz CT molecular complexity index is 385. The molecule has 2 N–H and O–H groups in total. The molecule has 0 radical (unpaired) electrons. The van der Waals surface area contributed by atoms with Gasteiger partial charge in [0.25, 0.3) is 0 Å². The molecule has 0 aromatic rings. The highest BCUT2D eigenvalue weighted by Crippen LogP contribution is 2.10. The minimum atomic E-state index is -3.36. The highest BCUT2D eigenvalue weighted by molar-refractivity contribution is 7.89. The second-order valence-corrected chi connectivity index (χ2v) is 6.72. The van der Waals surface area contributed by atoms with E-state index in [0.29, 0.717) is 26.2 Å². The van der Waals surface area contributed by atoms with Crippen LogP contribution < -0.4 is 0 Å². The summed E-state index contributed by atoms with van der Waals surface area (Å²) < 4.78 is 25.5. The Morgan fingerprint density at radius 1 is 1.16 bits per heavy atom. The zero-order valence-corrected chi connectivity index (χ0v) is 11.8. The number of carboxylic acid groups (broad SMARTS) is 1. The number of rotatable bonds is 7. The number of hydrogen-bond acceptors (Lipinski definition) is 5. The van der Waals surface area contributed by atoms with Crippen molar-refractivity contribution in [1.29, 1.82) is 0 Å². The molecule has 0 bridgehead atoms. The van der Waals surface area contributed by atoms with Crippen LogP contribution in [0.3, 0.4) is 0 Å². The second kappa shape index (κ2) is 7.78. The van der Waals surface area contributed by atoms with Crippen LogP contribution in [0.25, 0.3) is 0 Å². The Morgan fingerprint density at radius 3 is 2.53 bits per heavy atom. The molecule has 19 heavy (non-hydrogen) atoms. The SMILES string of the molecule is O=C(O)CCCS(=O)(=O)N1CCCN(CCO)CC1. The summed E-state index contributed by atoms with van der Waals surface area (Å²) in [6, 6.07) is 0. The standard InChI is InChI=1S/C11H22N2O5S/c14-9-8-12-4-2-5-13(7-6-12)19(17,18)10-1-3-11(15)16/h14H,1-10H2,(H,15,16). The van der Waals surface area contributed by atoms with E-state index in [9.17, 15) is 13.2 Å². The first-order valence-electron chi connectivity index (χ1n) is 6.48. The van der Waals surface area contributed by atoms with E-state index in [1.807, 2.05) is 4.90 Å². The third-order valence-electron chi connectivity index (χ3n) is 3.15. The van der Waals surface area contributed by atoms with Gasteiger partial charge in [0.2, 0.25) is 10.0 Å². The number of sulfonamides is 1. The van der Waals surface area contributed by atoms with Gasteiger partial charge in [-0.15, -0.1) is 0 Å². The molecule has 0 aliphatic carbocycles. The Balaban J connectivity index is 2.47. The number of carbonyl (C=O) groups is 1. The van der Waals surface area contributed by atoms with Crippen molar-refractivity contribution in [1.82, 2.24) is 9.21 Å². The van der Waals surface area contributed by atoms with Gasteiger partial charge in [-0.1, -0.05) is 0 Å². The van der Waals surface area contributed by atoms with Gasteiger partial charge in [0.15, 0.2) is 0 Å². The molecule has 0 amide bonds. The lowest BCUT2D eigenvalue weighted by Gasteiger charge is -2.21. The van der Waals surface area contributed by atoms with Gasteiger partial charge >= 0.3 is 5.97 Å². The van der Waals surface area contributed by atoms with Crippen molar-refractivity contribution in [3.63, 3.8) is 0 Å². The summed E-state index contributed by atoms with van der Waals surface area (Å²) in [5.74, 6) is -1.08. The molecule has 1 aliphatic rings. The van der Waals surface area contributed by atoms with Crippen molar-refractivity contribution in [2.75, 3.05) is 45.1 Å². The summed E-state index contributed by atoms with van der Waals surface area (Å²) in [4.78, 5) is 12.4. The van der Waals surface area contributed by atoms with Gasteiger partial charge in [0.05, 0.1) is 12.4 Å². The maximum Gasteiger partial charge on any atom is 0.303 e. The van der Waals surface area contributed by atoms with Gasteiger partial charge in [0.1, 0.15) is 0 Å². The molecular formula is C11H22N2O5S. The molecule has 0 aromatic heterocycles. The van der Waals surface area contributed by atoms with Crippen LogP contribution in [0.4, 0.5) is 0 Å². The van der Waals surface area contributed by atoms with Crippen molar-refractivity contribution >= 4 is 16.0 Å². The topological polar surface area (TPSA) is 98.1 Å². The summed E-state index contributed by atoms with van der Waals surface area (Å²) in [6.07, 6.45) is 0.760. The first-order chi connectivity index (χ1) is 8.95. The number of nitrogens with zero attached hydrogens (tertiary/aromatic N) is 2. The van der Waals surface area contributed by atoms with E-state index >= 15 is 0 Å². The van der Waals surface area contributed by atoms with E-state index in [4.69, 9.17) is 10.2 Å². The minimum absolute atomic E-state index is 0.0748. The van der Waals surface area contributed by atoms with Crippen LogP contribution in [0.15, 0.2) is 0 Å². The van der Waals surface area contributed by atoms with Gasteiger partial charge in [-0.3, -0.25) is 9.69 Å². The first-order valence-corrected chi connectivity index (χ1v) is 8.09. The van der Waals surface area contributed by atoms with E-state index in [1.165, 1.54) is 4.31 Å². The molecule has 1 fully saturated rings. The predicted octanol–water partition coefficient (Wildman–Crippen LogP) is -0.819. The fraction of sp³-hybridized carbons (Fsp3) is 0.909. The molecule has 1 aliphatic heterocycles. The third-order valence-corrected chi connectivity index (χ3v) is 5.11. The number of hydrogen-bond donors (Lipinski definition) is 2. The molecule has 1 heterocycles. The lowest BCUT2D eigenvalue weighted by molar-refractivity contribution is -0.137.